The monoisotopic (exact) mass is 455 g/mol. The van der Waals surface area contributed by atoms with E-state index >= 15 is 0 Å². The topological polar surface area (TPSA) is 71.5 Å². The molecule has 6 nitrogen and oxygen atoms in total. The minimum absolute atomic E-state index is 0.0539. The molecule has 0 unspecified atom stereocenters. The fourth-order valence-corrected chi connectivity index (χ4v) is 3.92. The zero-order chi connectivity index (χ0) is 19.8. The van der Waals surface area contributed by atoms with Crippen LogP contribution < -0.4 is 5.32 Å². The van der Waals surface area contributed by atoms with Crippen LogP contribution in [0.4, 0.5) is 14.3 Å². The van der Waals surface area contributed by atoms with E-state index in [9.17, 15) is 14.0 Å². The second-order valence-electron chi connectivity index (χ2n) is 7.12. The van der Waals surface area contributed by atoms with E-state index in [-0.39, 0.29) is 11.7 Å². The Labute approximate surface area is 168 Å². The molecule has 0 atom stereocenters. The molecule has 1 aromatic heterocycles. The summed E-state index contributed by atoms with van der Waals surface area (Å²) in [7, 11) is 0. The molecule has 1 aliphatic rings. The van der Waals surface area contributed by atoms with Crippen LogP contribution in [-0.4, -0.2) is 34.0 Å². The third-order valence-corrected chi connectivity index (χ3v) is 5.27. The second-order valence-corrected chi connectivity index (χ2v) is 9.12. The number of halogens is 2. The van der Waals surface area contributed by atoms with Gasteiger partial charge in [0, 0.05) is 22.3 Å². The molecule has 0 bridgehead atoms. The van der Waals surface area contributed by atoms with Crippen molar-refractivity contribution in [2.45, 2.75) is 39.3 Å². The van der Waals surface area contributed by atoms with E-state index in [1.54, 1.807) is 11.0 Å². The lowest BCUT2D eigenvalue weighted by atomic mass is 10.2. The molecule has 1 aliphatic heterocycles. The minimum Gasteiger partial charge on any atom is -0.444 e. The van der Waals surface area contributed by atoms with Crippen molar-refractivity contribution in [3.8, 4) is 0 Å². The van der Waals surface area contributed by atoms with E-state index in [0.717, 1.165) is 10.6 Å². The fraction of sp³-hybridized carbons (Fsp3) is 0.389. The van der Waals surface area contributed by atoms with Crippen molar-refractivity contribution < 1.29 is 18.7 Å². The number of amides is 2. The van der Waals surface area contributed by atoms with Crippen LogP contribution in [0.2, 0.25) is 0 Å². The summed E-state index contributed by atoms with van der Waals surface area (Å²) in [5, 5.41) is 3.02. The Morgan fingerprint density at radius 2 is 2.11 bits per heavy atom. The first kappa shape index (κ1) is 19.8. The summed E-state index contributed by atoms with van der Waals surface area (Å²) in [5.74, 6) is -1.17. The fourth-order valence-electron chi connectivity index (χ4n) is 2.57. The molecule has 0 fully saturated rings. The van der Waals surface area contributed by atoms with Crippen LogP contribution in [-0.2, 0) is 17.7 Å². The van der Waals surface area contributed by atoms with Crippen LogP contribution in [0.5, 0.6) is 0 Å². The van der Waals surface area contributed by atoms with Crippen LogP contribution in [0.25, 0.3) is 0 Å². The molecule has 3 rings (SSSR count). The maximum atomic E-state index is 13.9. The van der Waals surface area contributed by atoms with Gasteiger partial charge in [-0.25, -0.2) is 14.2 Å². The number of rotatable bonds is 2. The largest absolute Gasteiger partial charge is 0.444 e. The number of thiazole rings is 1. The highest BCUT2D eigenvalue weighted by atomic mass is 79.9. The lowest BCUT2D eigenvalue weighted by molar-refractivity contribution is 0.0225. The highest BCUT2D eigenvalue weighted by molar-refractivity contribution is 9.10. The number of anilines is 1. The summed E-state index contributed by atoms with van der Waals surface area (Å²) in [4.78, 5) is 31.4. The number of nitrogens with one attached hydrogen (secondary N) is 1. The summed E-state index contributed by atoms with van der Waals surface area (Å²) < 4.78 is 19.9. The second kappa shape index (κ2) is 7.55. The highest BCUT2D eigenvalue weighted by Crippen LogP contribution is 2.29. The van der Waals surface area contributed by atoms with Gasteiger partial charge in [-0.15, -0.1) is 0 Å². The molecule has 2 heterocycles. The molecular formula is C18H19BrFN3O3S. The summed E-state index contributed by atoms with van der Waals surface area (Å²) in [6, 6.07) is 4.25. The molecule has 0 radical (unpaired) electrons. The van der Waals surface area contributed by atoms with Crippen LogP contribution in [0.1, 0.15) is 41.7 Å². The molecule has 1 N–H and O–H groups in total. The van der Waals surface area contributed by atoms with E-state index < -0.39 is 17.3 Å². The lowest BCUT2D eigenvalue weighted by Crippen LogP contribution is -2.39. The first-order valence-electron chi connectivity index (χ1n) is 8.35. The van der Waals surface area contributed by atoms with Crippen LogP contribution in [0.15, 0.2) is 22.7 Å². The van der Waals surface area contributed by atoms with Gasteiger partial charge in [0.25, 0.3) is 5.91 Å². The van der Waals surface area contributed by atoms with Crippen LogP contribution in [0, 0.1) is 5.82 Å². The summed E-state index contributed by atoms with van der Waals surface area (Å²) in [6.45, 7) is 6.34. The van der Waals surface area contributed by atoms with Gasteiger partial charge in [0.05, 0.1) is 17.8 Å². The number of benzene rings is 1. The maximum absolute atomic E-state index is 13.9. The van der Waals surface area contributed by atoms with Gasteiger partial charge in [0.15, 0.2) is 5.13 Å². The van der Waals surface area contributed by atoms with Crippen LogP contribution in [0.3, 0.4) is 0 Å². The molecule has 9 heteroatoms. The van der Waals surface area contributed by atoms with Crippen molar-refractivity contribution >= 4 is 44.4 Å². The Hall–Kier alpha value is -2.00. The molecule has 0 spiro atoms. The van der Waals surface area contributed by atoms with E-state index in [1.165, 1.54) is 23.5 Å². The van der Waals surface area contributed by atoms with Gasteiger partial charge in [0.2, 0.25) is 0 Å². The summed E-state index contributed by atoms with van der Waals surface area (Å²) in [6.07, 6.45) is 0.206. The summed E-state index contributed by atoms with van der Waals surface area (Å²) >= 11 is 4.44. The average molecular weight is 456 g/mol. The van der Waals surface area contributed by atoms with E-state index in [2.05, 4.69) is 26.2 Å². The predicted octanol–water partition coefficient (Wildman–Crippen LogP) is 4.59. The van der Waals surface area contributed by atoms with Crippen molar-refractivity contribution in [2.24, 2.45) is 0 Å². The average Bonchev–Trinajstić information content (AvgIpc) is 2.94. The summed E-state index contributed by atoms with van der Waals surface area (Å²) in [5.41, 5.74) is 0.229. The zero-order valence-corrected chi connectivity index (χ0v) is 17.5. The SMILES string of the molecule is CC(C)(C)OC(=O)N1CCc2nc(NC(=O)c3ccc(Br)cc3F)sc2C1. The van der Waals surface area contributed by atoms with E-state index in [1.807, 2.05) is 20.8 Å². The highest BCUT2D eigenvalue weighted by Gasteiger charge is 2.28. The third kappa shape index (κ3) is 4.84. The van der Waals surface area contributed by atoms with E-state index in [0.29, 0.717) is 29.1 Å². The van der Waals surface area contributed by atoms with Gasteiger partial charge >= 0.3 is 6.09 Å². The molecule has 2 aromatic rings. The zero-order valence-electron chi connectivity index (χ0n) is 15.1. The number of ether oxygens (including phenoxy) is 1. The van der Waals surface area contributed by atoms with Crippen molar-refractivity contribution in [3.63, 3.8) is 0 Å². The Bertz CT molecular complexity index is 894. The Balaban J connectivity index is 1.69. The molecule has 144 valence electrons. The van der Waals surface area contributed by atoms with Crippen LogP contribution >= 0.6 is 27.3 Å². The van der Waals surface area contributed by atoms with Gasteiger partial charge in [-0.05, 0) is 39.0 Å². The number of fused-ring (bicyclic) bond motifs is 1. The predicted molar refractivity (Wildman–Crippen MR) is 105 cm³/mol. The van der Waals surface area contributed by atoms with Gasteiger partial charge in [0.1, 0.15) is 11.4 Å². The Kier molecular flexibility index (Phi) is 5.53. The quantitative estimate of drug-likeness (QED) is 0.718. The van der Waals surface area contributed by atoms with Gasteiger partial charge in [-0.3, -0.25) is 10.1 Å². The normalized spacial score (nSPS) is 13.9. The number of aromatic nitrogens is 1. The number of hydrogen-bond donors (Lipinski definition) is 1. The molecule has 2 amide bonds. The van der Waals surface area contributed by atoms with Crippen molar-refractivity contribution in [3.05, 3.63) is 44.6 Å². The van der Waals surface area contributed by atoms with Gasteiger partial charge in [-0.2, -0.15) is 0 Å². The number of hydrogen-bond acceptors (Lipinski definition) is 5. The third-order valence-electron chi connectivity index (χ3n) is 3.78. The number of carbonyl (C=O) groups excluding carboxylic acids is 2. The molecular weight excluding hydrogens is 437 g/mol. The molecule has 1 aromatic carbocycles. The Morgan fingerprint density at radius 1 is 1.37 bits per heavy atom. The van der Waals surface area contributed by atoms with Gasteiger partial charge < -0.3 is 9.64 Å². The molecule has 0 saturated carbocycles. The smallest absolute Gasteiger partial charge is 0.410 e. The molecule has 27 heavy (non-hydrogen) atoms. The Morgan fingerprint density at radius 3 is 2.78 bits per heavy atom. The number of nitrogens with zero attached hydrogens (tertiary/aromatic N) is 2. The van der Waals surface area contributed by atoms with Crippen molar-refractivity contribution in [1.82, 2.24) is 9.88 Å². The number of carbonyl (C=O) groups is 2. The lowest BCUT2D eigenvalue weighted by Gasteiger charge is -2.29. The van der Waals surface area contributed by atoms with E-state index in [4.69, 9.17) is 4.74 Å². The van der Waals surface area contributed by atoms with Crippen molar-refractivity contribution in [2.75, 3.05) is 11.9 Å². The standard InChI is InChI=1S/C18H19BrFN3O3S/c1-18(2,3)26-17(25)23-7-6-13-14(9-23)27-16(21-13)22-15(24)11-5-4-10(19)8-12(11)20/h4-5,8H,6-7,9H2,1-3H3,(H,21,22,24). The van der Waals surface area contributed by atoms with Crippen molar-refractivity contribution in [1.29, 1.82) is 0 Å². The first-order chi connectivity index (χ1) is 12.6. The maximum Gasteiger partial charge on any atom is 0.410 e. The minimum atomic E-state index is -0.612. The van der Waals surface area contributed by atoms with Gasteiger partial charge in [-0.1, -0.05) is 27.3 Å². The molecule has 0 aliphatic carbocycles. The molecule has 0 saturated heterocycles. The first-order valence-corrected chi connectivity index (χ1v) is 9.96.